The lowest BCUT2D eigenvalue weighted by atomic mass is 10.1. The highest BCUT2D eigenvalue weighted by atomic mass is 35.5. The quantitative estimate of drug-likeness (QED) is 0.407. The van der Waals surface area contributed by atoms with E-state index < -0.39 is 5.12 Å². The van der Waals surface area contributed by atoms with Gasteiger partial charge in [-0.3, -0.25) is 0 Å². The standard InChI is InChI=1S/C5H9ClN2/c1-4(2)3-5(6)7-8-5/h4H,3H2,1-2H3. The number of hydrogen-bond donors (Lipinski definition) is 0. The zero-order valence-corrected chi connectivity index (χ0v) is 5.81. The van der Waals surface area contributed by atoms with Crippen LogP contribution in [-0.4, -0.2) is 5.12 Å². The van der Waals surface area contributed by atoms with Crippen molar-refractivity contribution in [3.05, 3.63) is 0 Å². The Hall–Kier alpha value is -0.110. The number of halogens is 1. The van der Waals surface area contributed by atoms with Gasteiger partial charge >= 0.3 is 0 Å². The summed E-state index contributed by atoms with van der Waals surface area (Å²) in [4.78, 5) is 0. The van der Waals surface area contributed by atoms with Gasteiger partial charge in [0, 0.05) is 6.42 Å². The molecule has 0 saturated carbocycles. The van der Waals surface area contributed by atoms with Crippen LogP contribution >= 0.6 is 11.6 Å². The van der Waals surface area contributed by atoms with E-state index in [4.69, 9.17) is 11.6 Å². The third kappa shape index (κ3) is 1.44. The van der Waals surface area contributed by atoms with Gasteiger partial charge in [-0.1, -0.05) is 25.4 Å². The van der Waals surface area contributed by atoms with Crippen LogP contribution in [0.5, 0.6) is 0 Å². The second-order valence-electron chi connectivity index (χ2n) is 2.52. The summed E-state index contributed by atoms with van der Waals surface area (Å²) < 4.78 is 0. The van der Waals surface area contributed by atoms with E-state index in [0.29, 0.717) is 5.92 Å². The maximum absolute atomic E-state index is 5.71. The van der Waals surface area contributed by atoms with Crippen LogP contribution in [0.4, 0.5) is 0 Å². The van der Waals surface area contributed by atoms with Gasteiger partial charge in [0.05, 0.1) is 0 Å². The zero-order valence-electron chi connectivity index (χ0n) is 5.06. The van der Waals surface area contributed by atoms with E-state index in [9.17, 15) is 0 Å². The van der Waals surface area contributed by atoms with Crippen molar-refractivity contribution < 1.29 is 0 Å². The smallest absolute Gasteiger partial charge is 0.141 e. The van der Waals surface area contributed by atoms with Crippen LogP contribution in [0.1, 0.15) is 20.3 Å². The Kier molecular flexibility index (Phi) is 1.27. The highest BCUT2D eigenvalue weighted by Crippen LogP contribution is 2.38. The van der Waals surface area contributed by atoms with E-state index >= 15 is 0 Å². The molecule has 0 aromatic rings. The Morgan fingerprint density at radius 3 is 2.12 bits per heavy atom. The largest absolute Gasteiger partial charge is 0.263 e. The Morgan fingerprint density at radius 1 is 1.50 bits per heavy atom. The maximum Gasteiger partial charge on any atom is 0.263 e. The molecule has 0 spiro atoms. The Balaban J connectivity index is 2.20. The molecule has 0 unspecified atom stereocenters. The number of rotatable bonds is 2. The molecule has 0 radical (unpaired) electrons. The van der Waals surface area contributed by atoms with Gasteiger partial charge in [-0.2, -0.15) is 0 Å². The fourth-order valence-electron chi connectivity index (χ4n) is 0.655. The molecule has 0 fully saturated rings. The van der Waals surface area contributed by atoms with Crippen LogP contribution in [0, 0.1) is 5.92 Å². The molecule has 0 amide bonds. The molecule has 0 N–H and O–H groups in total. The second kappa shape index (κ2) is 1.69. The van der Waals surface area contributed by atoms with Gasteiger partial charge in [0.1, 0.15) is 0 Å². The van der Waals surface area contributed by atoms with Crippen LogP contribution in [-0.2, 0) is 0 Å². The molecule has 1 rings (SSSR count). The van der Waals surface area contributed by atoms with Crippen LogP contribution < -0.4 is 0 Å². The Morgan fingerprint density at radius 2 is 2.00 bits per heavy atom. The molecule has 1 heterocycles. The van der Waals surface area contributed by atoms with Crippen molar-refractivity contribution >= 4 is 11.6 Å². The maximum atomic E-state index is 5.71. The predicted molar refractivity (Wildman–Crippen MR) is 32.9 cm³/mol. The van der Waals surface area contributed by atoms with Gasteiger partial charge in [-0.05, 0) is 5.92 Å². The van der Waals surface area contributed by atoms with Crippen molar-refractivity contribution in [1.29, 1.82) is 0 Å². The third-order valence-corrected chi connectivity index (χ3v) is 1.29. The fourth-order valence-corrected chi connectivity index (χ4v) is 1.00. The molecule has 3 heteroatoms. The average molecular weight is 133 g/mol. The first-order valence-corrected chi connectivity index (χ1v) is 3.13. The van der Waals surface area contributed by atoms with E-state index in [1.54, 1.807) is 0 Å². The van der Waals surface area contributed by atoms with Crippen molar-refractivity contribution in [1.82, 2.24) is 0 Å². The minimum Gasteiger partial charge on any atom is -0.141 e. The topological polar surface area (TPSA) is 24.7 Å². The molecule has 46 valence electrons. The van der Waals surface area contributed by atoms with Crippen molar-refractivity contribution in [3.8, 4) is 0 Å². The molecule has 0 aromatic heterocycles. The predicted octanol–water partition coefficient (Wildman–Crippen LogP) is 2.39. The minimum absolute atomic E-state index is 0.506. The third-order valence-electron chi connectivity index (χ3n) is 0.985. The Labute approximate surface area is 53.9 Å². The Bertz CT molecular complexity index is 114. The summed E-state index contributed by atoms with van der Waals surface area (Å²) in [5, 5.41) is 6.82. The number of hydrogen-bond acceptors (Lipinski definition) is 2. The van der Waals surface area contributed by atoms with Crippen LogP contribution in [0.15, 0.2) is 10.2 Å². The van der Waals surface area contributed by atoms with Crippen LogP contribution in [0.3, 0.4) is 0 Å². The molecule has 0 aromatic carbocycles. The lowest BCUT2D eigenvalue weighted by Crippen LogP contribution is -2.03. The molecule has 0 bridgehead atoms. The van der Waals surface area contributed by atoms with Gasteiger partial charge < -0.3 is 0 Å². The fraction of sp³-hybridized carbons (Fsp3) is 1.00. The molecule has 1 aliphatic heterocycles. The molecule has 1 aliphatic rings. The average Bonchev–Trinajstić information content (AvgIpc) is 2.17. The molecule has 0 saturated heterocycles. The first-order chi connectivity index (χ1) is 3.62. The van der Waals surface area contributed by atoms with Gasteiger partial charge in [0.15, 0.2) is 0 Å². The normalized spacial score (nSPS) is 22.0. The number of alkyl halides is 1. The molecule has 8 heavy (non-hydrogen) atoms. The van der Waals surface area contributed by atoms with Crippen molar-refractivity contribution in [2.45, 2.75) is 25.4 Å². The molecular weight excluding hydrogens is 124 g/mol. The summed E-state index contributed by atoms with van der Waals surface area (Å²) in [7, 11) is 0. The zero-order chi connectivity index (χ0) is 6.20. The first kappa shape index (κ1) is 6.02. The van der Waals surface area contributed by atoms with Gasteiger partial charge in [-0.15, -0.1) is 10.2 Å². The van der Waals surface area contributed by atoms with Crippen molar-refractivity contribution in [2.75, 3.05) is 0 Å². The molecule has 0 aliphatic carbocycles. The summed E-state index contributed by atoms with van der Waals surface area (Å²) in [5.41, 5.74) is 0. The SMILES string of the molecule is CC(C)CC1(Cl)N=N1. The first-order valence-electron chi connectivity index (χ1n) is 2.75. The van der Waals surface area contributed by atoms with E-state index in [1.165, 1.54) is 0 Å². The second-order valence-corrected chi connectivity index (χ2v) is 3.12. The number of nitrogens with zero attached hydrogens (tertiary/aromatic N) is 2. The van der Waals surface area contributed by atoms with Crippen LogP contribution in [0.25, 0.3) is 0 Å². The van der Waals surface area contributed by atoms with Gasteiger partial charge in [0.25, 0.3) is 5.12 Å². The molecule has 2 nitrogen and oxygen atoms in total. The van der Waals surface area contributed by atoms with E-state index in [1.807, 2.05) is 0 Å². The highest BCUT2D eigenvalue weighted by molar-refractivity contribution is 6.24. The molecule has 0 atom stereocenters. The summed E-state index contributed by atoms with van der Waals surface area (Å²) in [6, 6.07) is 0. The van der Waals surface area contributed by atoms with Gasteiger partial charge in [-0.25, -0.2) is 0 Å². The minimum atomic E-state index is -0.506. The summed E-state index contributed by atoms with van der Waals surface area (Å²) >= 11 is 5.71. The highest BCUT2D eigenvalue weighted by Gasteiger charge is 2.37. The van der Waals surface area contributed by atoms with Crippen molar-refractivity contribution in [3.63, 3.8) is 0 Å². The van der Waals surface area contributed by atoms with E-state index in [0.717, 1.165) is 6.42 Å². The van der Waals surface area contributed by atoms with Gasteiger partial charge in [0.2, 0.25) is 0 Å². The molecular formula is C5H9ClN2. The van der Waals surface area contributed by atoms with E-state index in [-0.39, 0.29) is 0 Å². The lowest BCUT2D eigenvalue weighted by molar-refractivity contribution is 0.543. The van der Waals surface area contributed by atoms with E-state index in [2.05, 4.69) is 24.1 Å². The summed E-state index contributed by atoms with van der Waals surface area (Å²) in [6.07, 6.45) is 0.870. The van der Waals surface area contributed by atoms with Crippen LogP contribution in [0.2, 0.25) is 0 Å². The monoisotopic (exact) mass is 132 g/mol. The summed E-state index contributed by atoms with van der Waals surface area (Å²) in [6.45, 7) is 4.21. The van der Waals surface area contributed by atoms with Crippen molar-refractivity contribution in [2.24, 2.45) is 16.1 Å². The summed E-state index contributed by atoms with van der Waals surface area (Å²) in [5.74, 6) is 0.586. The lowest BCUT2D eigenvalue weighted by Gasteiger charge is -2.02.